The van der Waals surface area contributed by atoms with Gasteiger partial charge in [-0.25, -0.2) is 0 Å². The number of benzene rings is 9. The van der Waals surface area contributed by atoms with Crippen LogP contribution < -0.4 is 0 Å². The van der Waals surface area contributed by atoms with Gasteiger partial charge in [0.1, 0.15) is 11.2 Å². The topological polar surface area (TPSA) is 13.1 Å². The van der Waals surface area contributed by atoms with E-state index in [9.17, 15) is 0 Å². The van der Waals surface area contributed by atoms with Crippen LogP contribution in [-0.4, -0.2) is 0 Å². The molecule has 222 valence electrons. The van der Waals surface area contributed by atoms with Gasteiger partial charge >= 0.3 is 0 Å². The summed E-state index contributed by atoms with van der Waals surface area (Å²) in [5, 5.41) is 14.8. The lowest BCUT2D eigenvalue weighted by Crippen LogP contribution is -1.91. The van der Waals surface area contributed by atoms with E-state index in [1.165, 1.54) is 85.5 Å². The van der Waals surface area contributed by atoms with E-state index < -0.39 is 0 Å². The molecule has 0 radical (unpaired) electrons. The summed E-state index contributed by atoms with van der Waals surface area (Å²) in [6.07, 6.45) is 0. The molecule has 11 rings (SSSR count). The number of para-hydroxylation sites is 1. The third-order valence-corrected chi connectivity index (χ3v) is 11.4. The van der Waals surface area contributed by atoms with E-state index in [1.54, 1.807) is 0 Å². The van der Waals surface area contributed by atoms with Crippen molar-refractivity contribution in [2.24, 2.45) is 0 Å². The van der Waals surface area contributed by atoms with Gasteiger partial charge in [-0.1, -0.05) is 127 Å². The number of rotatable bonds is 2. The molecule has 0 unspecified atom stereocenters. The monoisotopic (exact) mass is 626 g/mol. The zero-order valence-corrected chi connectivity index (χ0v) is 26.6. The summed E-state index contributed by atoms with van der Waals surface area (Å²) in [5.41, 5.74) is 6.95. The van der Waals surface area contributed by atoms with Crippen LogP contribution in [0.1, 0.15) is 0 Å². The number of hydrogen-bond donors (Lipinski definition) is 0. The van der Waals surface area contributed by atoms with E-state index in [1.807, 2.05) is 11.3 Å². The largest absolute Gasteiger partial charge is 0.455 e. The first-order valence-corrected chi connectivity index (χ1v) is 17.2. The van der Waals surface area contributed by atoms with Crippen LogP contribution in [0.2, 0.25) is 0 Å². The van der Waals surface area contributed by atoms with Crippen LogP contribution in [0.15, 0.2) is 162 Å². The summed E-state index contributed by atoms with van der Waals surface area (Å²) in [5.74, 6) is 0. The molecule has 0 aliphatic rings. The Morgan fingerprint density at radius 2 is 0.958 bits per heavy atom. The molecule has 0 N–H and O–H groups in total. The smallest absolute Gasteiger partial charge is 0.144 e. The highest BCUT2D eigenvalue weighted by Gasteiger charge is 2.23. The molecule has 2 heterocycles. The minimum Gasteiger partial charge on any atom is -0.455 e. The third kappa shape index (κ3) is 3.61. The van der Waals surface area contributed by atoms with Crippen molar-refractivity contribution in [3.05, 3.63) is 158 Å². The Balaban J connectivity index is 1.34. The summed E-state index contributed by atoms with van der Waals surface area (Å²) in [6, 6.07) is 57.7. The Kier molecular flexibility index (Phi) is 5.32. The maximum absolute atomic E-state index is 6.73. The summed E-state index contributed by atoms with van der Waals surface area (Å²) < 4.78 is 9.27. The van der Waals surface area contributed by atoms with Gasteiger partial charge in [-0.3, -0.25) is 0 Å². The molecule has 0 saturated heterocycles. The van der Waals surface area contributed by atoms with E-state index in [-0.39, 0.29) is 0 Å². The van der Waals surface area contributed by atoms with E-state index >= 15 is 0 Å². The Hall–Kier alpha value is -5.96. The molecule has 0 bridgehead atoms. The van der Waals surface area contributed by atoms with Crippen molar-refractivity contribution in [3.63, 3.8) is 0 Å². The van der Waals surface area contributed by atoms with Crippen LogP contribution in [-0.2, 0) is 0 Å². The van der Waals surface area contributed by atoms with Gasteiger partial charge in [-0.15, -0.1) is 11.3 Å². The second-order valence-corrected chi connectivity index (χ2v) is 13.9. The fourth-order valence-corrected chi connectivity index (χ4v) is 9.31. The first-order valence-electron chi connectivity index (χ1n) is 16.4. The van der Waals surface area contributed by atoms with Crippen molar-refractivity contribution in [1.82, 2.24) is 0 Å². The van der Waals surface area contributed by atoms with Gasteiger partial charge in [-0.2, -0.15) is 0 Å². The van der Waals surface area contributed by atoms with Crippen LogP contribution in [0.4, 0.5) is 0 Å². The van der Waals surface area contributed by atoms with Gasteiger partial charge in [0.05, 0.1) is 0 Å². The average molecular weight is 627 g/mol. The van der Waals surface area contributed by atoms with Crippen molar-refractivity contribution in [1.29, 1.82) is 0 Å². The molecule has 0 aliphatic heterocycles. The number of fused-ring (bicyclic) bond motifs is 11. The maximum atomic E-state index is 6.73. The quantitative estimate of drug-likeness (QED) is 0.174. The fraction of sp³-hybridized carbons (Fsp3) is 0. The van der Waals surface area contributed by atoms with Crippen molar-refractivity contribution >= 4 is 96.5 Å². The summed E-state index contributed by atoms with van der Waals surface area (Å²) >= 11 is 1.88. The Morgan fingerprint density at radius 1 is 0.396 bits per heavy atom. The number of thiophene rings is 1. The molecular formula is C46H26OS. The molecule has 0 aliphatic carbocycles. The molecule has 0 saturated carbocycles. The van der Waals surface area contributed by atoms with Crippen molar-refractivity contribution < 1.29 is 4.42 Å². The summed E-state index contributed by atoms with van der Waals surface area (Å²) in [7, 11) is 0. The van der Waals surface area contributed by atoms with Crippen LogP contribution in [0.5, 0.6) is 0 Å². The lowest BCUT2D eigenvalue weighted by Gasteiger charge is -2.18. The van der Waals surface area contributed by atoms with E-state index in [2.05, 4.69) is 158 Å². The summed E-state index contributed by atoms with van der Waals surface area (Å²) in [4.78, 5) is 0. The van der Waals surface area contributed by atoms with Gasteiger partial charge in [0.2, 0.25) is 0 Å². The van der Waals surface area contributed by atoms with Crippen LogP contribution in [0, 0.1) is 0 Å². The fourth-order valence-electron chi connectivity index (χ4n) is 8.06. The van der Waals surface area contributed by atoms with Gasteiger partial charge < -0.3 is 4.42 Å². The standard InChI is InChI=1S/C46H26OS/c1-2-12-28-23-31(22-21-27(28)11-1)42-33-16-5-7-18-35(33)43(36-19-8-6-17-34(36)42)39-26-37-32-15-9-10-20-40(32)47-45(37)44-38-24-29-13-3-4-14-30(29)25-41(38)48-46(39)44/h1-26H. The van der Waals surface area contributed by atoms with Crippen molar-refractivity contribution in [2.75, 3.05) is 0 Å². The molecule has 0 amide bonds. The van der Waals surface area contributed by atoms with Crippen molar-refractivity contribution in [3.8, 4) is 22.3 Å². The molecule has 0 fully saturated rings. The van der Waals surface area contributed by atoms with Crippen LogP contribution in [0.3, 0.4) is 0 Å². The highest BCUT2D eigenvalue weighted by Crippen LogP contribution is 2.51. The normalized spacial score (nSPS) is 12.2. The van der Waals surface area contributed by atoms with E-state index in [0.29, 0.717) is 0 Å². The van der Waals surface area contributed by atoms with Crippen molar-refractivity contribution in [2.45, 2.75) is 0 Å². The van der Waals surface area contributed by atoms with Crippen LogP contribution >= 0.6 is 11.3 Å². The molecule has 0 spiro atoms. The SMILES string of the molecule is c1ccc2cc(-c3c4ccccc4c(-c4cc5c6ccccc6oc5c5c4sc4cc6ccccc6cc45)c4ccccc34)ccc2c1. The van der Waals surface area contributed by atoms with Gasteiger partial charge in [0.15, 0.2) is 0 Å². The van der Waals surface area contributed by atoms with Gasteiger partial charge in [0, 0.05) is 36.5 Å². The molecule has 2 aromatic heterocycles. The molecule has 48 heavy (non-hydrogen) atoms. The molecular weight excluding hydrogens is 601 g/mol. The third-order valence-electron chi connectivity index (χ3n) is 10.2. The van der Waals surface area contributed by atoms with Crippen LogP contribution in [0.25, 0.3) is 107 Å². The highest BCUT2D eigenvalue weighted by atomic mass is 32.1. The highest BCUT2D eigenvalue weighted by molar-refractivity contribution is 7.26. The average Bonchev–Trinajstić information content (AvgIpc) is 3.70. The van der Waals surface area contributed by atoms with Gasteiger partial charge in [-0.05, 0) is 90.1 Å². The molecule has 2 heteroatoms. The van der Waals surface area contributed by atoms with E-state index in [0.717, 1.165) is 21.9 Å². The minimum absolute atomic E-state index is 0.924. The first kappa shape index (κ1) is 26.1. The summed E-state index contributed by atoms with van der Waals surface area (Å²) in [6.45, 7) is 0. The molecule has 1 nitrogen and oxygen atoms in total. The lowest BCUT2D eigenvalue weighted by atomic mass is 9.85. The Morgan fingerprint density at radius 3 is 1.67 bits per heavy atom. The first-order chi connectivity index (χ1) is 23.8. The molecule has 9 aromatic carbocycles. The molecule has 0 atom stereocenters. The molecule has 11 aromatic rings. The minimum atomic E-state index is 0.924. The Labute approximate surface area is 279 Å². The zero-order valence-electron chi connectivity index (χ0n) is 25.8. The second kappa shape index (κ2) is 9.78. The number of furan rings is 1. The van der Waals surface area contributed by atoms with Gasteiger partial charge in [0.25, 0.3) is 0 Å². The predicted molar refractivity (Wildman–Crippen MR) is 208 cm³/mol. The number of hydrogen-bond acceptors (Lipinski definition) is 2. The predicted octanol–water partition coefficient (Wildman–Crippen LogP) is 13.9. The second-order valence-electron chi connectivity index (χ2n) is 12.8. The Bertz CT molecular complexity index is 3060. The zero-order chi connectivity index (χ0) is 31.3. The lowest BCUT2D eigenvalue weighted by molar-refractivity contribution is 0.673. The maximum Gasteiger partial charge on any atom is 0.144 e. The van der Waals surface area contributed by atoms with E-state index in [4.69, 9.17) is 4.42 Å².